The van der Waals surface area contributed by atoms with E-state index in [1.165, 1.54) is 18.5 Å². The molecular formula is C10H10N4O4. The molecule has 0 saturated carbocycles. The number of aromatic nitrogens is 2. The summed E-state index contributed by atoms with van der Waals surface area (Å²) in [4.78, 5) is 28.3. The summed E-state index contributed by atoms with van der Waals surface area (Å²) >= 11 is 0. The predicted octanol–water partition coefficient (Wildman–Crippen LogP) is 2.04. The summed E-state index contributed by atoms with van der Waals surface area (Å²) in [5.41, 5.74) is 1.00. The zero-order valence-electron chi connectivity index (χ0n) is 9.47. The van der Waals surface area contributed by atoms with Crippen molar-refractivity contribution in [2.24, 2.45) is 0 Å². The van der Waals surface area contributed by atoms with E-state index in [1.807, 2.05) is 0 Å². The zero-order chi connectivity index (χ0) is 13.1. The highest BCUT2D eigenvalue weighted by Gasteiger charge is 2.15. The number of nitrogens with zero attached hydrogens (tertiary/aromatic N) is 2. The third kappa shape index (κ3) is 2.21. The molecule has 0 aliphatic heterocycles. The molecule has 18 heavy (non-hydrogen) atoms. The van der Waals surface area contributed by atoms with Crippen molar-refractivity contribution in [3.8, 4) is 0 Å². The first-order valence-corrected chi connectivity index (χ1v) is 5.17. The van der Waals surface area contributed by atoms with E-state index in [1.54, 1.807) is 6.92 Å². The first-order valence-electron chi connectivity index (χ1n) is 5.17. The van der Waals surface area contributed by atoms with Crippen LogP contribution in [0.2, 0.25) is 0 Å². The van der Waals surface area contributed by atoms with Gasteiger partial charge in [0.05, 0.1) is 29.1 Å². The lowest BCUT2D eigenvalue weighted by molar-refractivity contribution is -0.384. The number of hydrogen-bond donors (Lipinski definition) is 2. The van der Waals surface area contributed by atoms with Crippen LogP contribution in [0.3, 0.4) is 0 Å². The molecule has 0 aliphatic rings. The Labute approximate surface area is 101 Å². The lowest BCUT2D eigenvalue weighted by Gasteiger charge is -2.05. The van der Waals surface area contributed by atoms with Crippen LogP contribution in [0.15, 0.2) is 18.5 Å². The molecule has 0 fully saturated rings. The van der Waals surface area contributed by atoms with Gasteiger partial charge in [-0.2, -0.15) is 0 Å². The van der Waals surface area contributed by atoms with Crippen LogP contribution in [0.25, 0.3) is 11.0 Å². The number of anilines is 1. The summed E-state index contributed by atoms with van der Waals surface area (Å²) < 4.78 is 4.71. The third-order valence-corrected chi connectivity index (χ3v) is 2.23. The maximum absolute atomic E-state index is 11.3. The number of hydrogen-bond acceptors (Lipinski definition) is 5. The summed E-state index contributed by atoms with van der Waals surface area (Å²) in [6.07, 6.45) is 0.715. The Hall–Kier alpha value is -2.64. The standard InChI is InChI=1S/C10H10N4O4/c1-2-18-10(15)13-8-4-6(14(16)17)3-7-9(8)12-5-11-7/h3-5H,2H2,1H3,(H,11,12)(H,13,15). The molecular weight excluding hydrogens is 240 g/mol. The number of nitro groups is 1. The van der Waals surface area contributed by atoms with Gasteiger partial charge in [-0.3, -0.25) is 15.4 Å². The SMILES string of the molecule is CCOC(=O)Nc1cc([N+](=O)[O-])cc2[nH]cnc12. The number of rotatable bonds is 3. The lowest BCUT2D eigenvalue weighted by atomic mass is 10.2. The number of non-ortho nitro benzene ring substituents is 1. The molecule has 1 amide bonds. The lowest BCUT2D eigenvalue weighted by Crippen LogP contribution is -2.13. The zero-order valence-corrected chi connectivity index (χ0v) is 9.47. The van der Waals surface area contributed by atoms with E-state index in [2.05, 4.69) is 15.3 Å². The summed E-state index contributed by atoms with van der Waals surface area (Å²) in [5, 5.41) is 13.2. The number of aromatic amines is 1. The summed E-state index contributed by atoms with van der Waals surface area (Å²) in [6.45, 7) is 1.88. The monoisotopic (exact) mass is 250 g/mol. The number of ether oxygens (including phenoxy) is 1. The second-order valence-electron chi connectivity index (χ2n) is 3.39. The van der Waals surface area contributed by atoms with Gasteiger partial charge in [0.15, 0.2) is 0 Å². The molecule has 8 nitrogen and oxygen atoms in total. The highest BCUT2D eigenvalue weighted by molar-refractivity contribution is 5.98. The van der Waals surface area contributed by atoms with Gasteiger partial charge in [0.25, 0.3) is 5.69 Å². The number of fused-ring (bicyclic) bond motifs is 1. The molecule has 0 saturated heterocycles. The van der Waals surface area contributed by atoms with Crippen LogP contribution < -0.4 is 5.32 Å². The Balaban J connectivity index is 2.43. The van der Waals surface area contributed by atoms with Crippen LogP contribution in [-0.2, 0) is 4.74 Å². The van der Waals surface area contributed by atoms with Crippen molar-refractivity contribution < 1.29 is 14.5 Å². The number of H-pyrrole nitrogens is 1. The van der Waals surface area contributed by atoms with Gasteiger partial charge in [-0.1, -0.05) is 0 Å². The van der Waals surface area contributed by atoms with Gasteiger partial charge in [-0.25, -0.2) is 9.78 Å². The molecule has 2 rings (SSSR count). The molecule has 94 valence electrons. The smallest absolute Gasteiger partial charge is 0.411 e. The molecule has 0 atom stereocenters. The molecule has 8 heteroatoms. The Kier molecular flexibility index (Phi) is 3.09. The Morgan fingerprint density at radius 3 is 3.06 bits per heavy atom. The summed E-state index contributed by atoms with van der Waals surface area (Å²) in [7, 11) is 0. The van der Waals surface area contributed by atoms with Crippen molar-refractivity contribution in [2.45, 2.75) is 6.92 Å². The van der Waals surface area contributed by atoms with E-state index >= 15 is 0 Å². The average molecular weight is 250 g/mol. The number of carbonyl (C=O) groups is 1. The fourth-order valence-corrected chi connectivity index (χ4v) is 1.51. The molecule has 2 aromatic rings. The second kappa shape index (κ2) is 4.70. The van der Waals surface area contributed by atoms with E-state index in [0.29, 0.717) is 11.0 Å². The van der Waals surface area contributed by atoms with Gasteiger partial charge < -0.3 is 9.72 Å². The Bertz CT molecular complexity index is 607. The fraction of sp³-hybridized carbons (Fsp3) is 0.200. The first kappa shape index (κ1) is 11.8. The third-order valence-electron chi connectivity index (χ3n) is 2.23. The topological polar surface area (TPSA) is 110 Å². The fourth-order valence-electron chi connectivity index (χ4n) is 1.51. The largest absolute Gasteiger partial charge is 0.450 e. The Morgan fingerprint density at radius 1 is 1.61 bits per heavy atom. The number of benzene rings is 1. The second-order valence-corrected chi connectivity index (χ2v) is 3.39. The highest BCUT2D eigenvalue weighted by Crippen LogP contribution is 2.26. The first-order chi connectivity index (χ1) is 8.61. The van der Waals surface area contributed by atoms with Gasteiger partial charge in [0, 0.05) is 12.1 Å². The van der Waals surface area contributed by atoms with Crippen LogP contribution in [0, 0.1) is 10.1 Å². The highest BCUT2D eigenvalue weighted by atomic mass is 16.6. The van der Waals surface area contributed by atoms with Gasteiger partial charge in [-0.05, 0) is 6.92 Å². The van der Waals surface area contributed by atoms with Gasteiger partial charge in [-0.15, -0.1) is 0 Å². The predicted molar refractivity (Wildman–Crippen MR) is 63.4 cm³/mol. The number of carbonyl (C=O) groups excluding carboxylic acids is 1. The van der Waals surface area contributed by atoms with Gasteiger partial charge >= 0.3 is 6.09 Å². The number of imidazole rings is 1. The van der Waals surface area contributed by atoms with Crippen molar-refractivity contribution in [1.82, 2.24) is 9.97 Å². The summed E-state index contributed by atoms with van der Waals surface area (Å²) in [5.74, 6) is 0. The van der Waals surface area contributed by atoms with Crippen molar-refractivity contribution in [3.63, 3.8) is 0 Å². The maximum atomic E-state index is 11.3. The minimum atomic E-state index is -0.678. The average Bonchev–Trinajstić information content (AvgIpc) is 2.77. The maximum Gasteiger partial charge on any atom is 0.411 e. The molecule has 0 radical (unpaired) electrons. The van der Waals surface area contributed by atoms with Crippen LogP contribution in [0.4, 0.5) is 16.2 Å². The summed E-state index contributed by atoms with van der Waals surface area (Å²) in [6, 6.07) is 2.58. The molecule has 0 unspecified atom stereocenters. The van der Waals surface area contributed by atoms with E-state index in [4.69, 9.17) is 4.74 Å². The minimum absolute atomic E-state index is 0.140. The Morgan fingerprint density at radius 2 is 2.39 bits per heavy atom. The van der Waals surface area contributed by atoms with Crippen molar-refractivity contribution in [1.29, 1.82) is 0 Å². The van der Waals surface area contributed by atoms with Crippen molar-refractivity contribution in [2.75, 3.05) is 11.9 Å². The number of amides is 1. The van der Waals surface area contributed by atoms with Crippen LogP contribution in [0.5, 0.6) is 0 Å². The molecule has 1 heterocycles. The normalized spacial score (nSPS) is 10.3. The van der Waals surface area contributed by atoms with E-state index < -0.39 is 11.0 Å². The number of nitro benzene ring substituents is 1. The van der Waals surface area contributed by atoms with Gasteiger partial charge in [0.1, 0.15) is 5.52 Å². The molecule has 1 aromatic carbocycles. The van der Waals surface area contributed by atoms with E-state index in [9.17, 15) is 14.9 Å². The molecule has 1 aromatic heterocycles. The molecule has 0 spiro atoms. The van der Waals surface area contributed by atoms with Crippen LogP contribution >= 0.6 is 0 Å². The van der Waals surface area contributed by atoms with E-state index in [0.717, 1.165) is 0 Å². The van der Waals surface area contributed by atoms with Crippen molar-refractivity contribution >= 4 is 28.5 Å². The van der Waals surface area contributed by atoms with Gasteiger partial charge in [0.2, 0.25) is 0 Å². The van der Waals surface area contributed by atoms with Crippen LogP contribution in [-0.4, -0.2) is 27.6 Å². The van der Waals surface area contributed by atoms with E-state index in [-0.39, 0.29) is 18.0 Å². The van der Waals surface area contributed by atoms with Crippen LogP contribution in [0.1, 0.15) is 6.92 Å². The number of nitrogens with one attached hydrogen (secondary N) is 2. The minimum Gasteiger partial charge on any atom is -0.450 e. The molecule has 2 N–H and O–H groups in total. The molecule has 0 aliphatic carbocycles. The molecule has 0 bridgehead atoms. The van der Waals surface area contributed by atoms with Crippen molar-refractivity contribution in [3.05, 3.63) is 28.6 Å². The quantitative estimate of drug-likeness (QED) is 0.639.